The number of hydrogen-bond acceptors (Lipinski definition) is 7. The summed E-state index contributed by atoms with van der Waals surface area (Å²) in [4.78, 5) is 32.6. The average Bonchev–Trinajstić information content (AvgIpc) is 2.51. The van der Waals surface area contributed by atoms with Gasteiger partial charge in [0.2, 0.25) is 0 Å². The molecule has 0 bridgehead atoms. The van der Waals surface area contributed by atoms with Crippen molar-refractivity contribution in [2.75, 3.05) is 19.8 Å². The van der Waals surface area contributed by atoms with Crippen molar-refractivity contribution in [3.63, 3.8) is 0 Å². The zero-order valence-corrected chi connectivity index (χ0v) is 12.6. The number of non-ortho nitro benzene ring substituents is 1. The lowest BCUT2D eigenvalue weighted by Crippen LogP contribution is -2.10. The quantitative estimate of drug-likeness (QED) is 0.216. The number of rotatable bonds is 11. The summed E-state index contributed by atoms with van der Waals surface area (Å²) >= 11 is 0. The third-order valence-corrected chi connectivity index (χ3v) is 2.86. The first-order chi connectivity index (χ1) is 11.0. The van der Waals surface area contributed by atoms with Gasteiger partial charge in [0.15, 0.2) is 0 Å². The van der Waals surface area contributed by atoms with E-state index in [1.807, 2.05) is 0 Å². The smallest absolute Gasteiger partial charge is 0.311 e. The molecule has 8 nitrogen and oxygen atoms in total. The van der Waals surface area contributed by atoms with E-state index >= 15 is 0 Å². The molecular formula is C15H19NO7. The highest BCUT2D eigenvalue weighted by Gasteiger charge is 2.08. The molecular weight excluding hydrogens is 306 g/mol. The number of nitro benzene ring substituents is 1. The van der Waals surface area contributed by atoms with Crippen LogP contribution in [-0.4, -0.2) is 41.6 Å². The van der Waals surface area contributed by atoms with Gasteiger partial charge in [-0.25, -0.2) is 0 Å². The molecule has 1 aromatic rings. The van der Waals surface area contributed by atoms with E-state index < -0.39 is 10.9 Å². The van der Waals surface area contributed by atoms with E-state index in [0.29, 0.717) is 13.0 Å². The zero-order valence-electron chi connectivity index (χ0n) is 12.6. The van der Waals surface area contributed by atoms with Crippen molar-refractivity contribution in [1.29, 1.82) is 0 Å². The fourth-order valence-electron chi connectivity index (χ4n) is 1.67. The fraction of sp³-hybridized carbons (Fsp3) is 0.467. The molecule has 0 atom stereocenters. The van der Waals surface area contributed by atoms with Crippen molar-refractivity contribution in [1.82, 2.24) is 0 Å². The van der Waals surface area contributed by atoms with Gasteiger partial charge in [-0.15, -0.1) is 0 Å². The lowest BCUT2D eigenvalue weighted by Gasteiger charge is -2.05. The zero-order chi connectivity index (χ0) is 17.1. The molecule has 1 N–H and O–H groups in total. The van der Waals surface area contributed by atoms with Crippen LogP contribution in [0.4, 0.5) is 5.69 Å². The third-order valence-electron chi connectivity index (χ3n) is 2.86. The van der Waals surface area contributed by atoms with E-state index in [1.165, 1.54) is 24.3 Å². The minimum absolute atomic E-state index is 0.0647. The number of aliphatic hydroxyl groups is 1. The first-order valence-electron chi connectivity index (χ1n) is 7.18. The standard InChI is InChI=1S/C15H19NO7/c17-9-7-13(18)8-11-22-10-1-2-15(19)23-14-5-3-12(4-6-14)16(20)21/h3-6,17H,1-2,7-11H2. The molecule has 0 aliphatic rings. The molecule has 0 saturated carbocycles. The van der Waals surface area contributed by atoms with Crippen molar-refractivity contribution in [2.45, 2.75) is 25.7 Å². The van der Waals surface area contributed by atoms with Gasteiger partial charge in [0, 0.05) is 44.6 Å². The number of ether oxygens (including phenoxy) is 2. The molecule has 0 aliphatic carbocycles. The second-order valence-electron chi connectivity index (χ2n) is 4.70. The van der Waals surface area contributed by atoms with Crippen LogP contribution in [0.25, 0.3) is 0 Å². The Morgan fingerprint density at radius 3 is 2.39 bits per heavy atom. The highest BCUT2D eigenvalue weighted by molar-refractivity contribution is 5.78. The Labute approximate surface area is 133 Å². The largest absolute Gasteiger partial charge is 0.427 e. The number of carbonyl (C=O) groups is 2. The normalized spacial score (nSPS) is 10.3. The van der Waals surface area contributed by atoms with E-state index in [4.69, 9.17) is 14.6 Å². The lowest BCUT2D eigenvalue weighted by atomic mass is 10.2. The van der Waals surface area contributed by atoms with E-state index in [2.05, 4.69) is 0 Å². The number of hydrogen-bond donors (Lipinski definition) is 1. The topological polar surface area (TPSA) is 116 Å². The van der Waals surface area contributed by atoms with Gasteiger partial charge in [-0.3, -0.25) is 19.7 Å². The molecule has 0 amide bonds. The second-order valence-corrected chi connectivity index (χ2v) is 4.70. The van der Waals surface area contributed by atoms with Crippen LogP contribution in [0, 0.1) is 10.1 Å². The molecule has 23 heavy (non-hydrogen) atoms. The maximum absolute atomic E-state index is 11.6. The van der Waals surface area contributed by atoms with Gasteiger partial charge in [-0.2, -0.15) is 0 Å². The highest BCUT2D eigenvalue weighted by atomic mass is 16.6. The van der Waals surface area contributed by atoms with Crippen LogP contribution in [0.3, 0.4) is 0 Å². The van der Waals surface area contributed by atoms with E-state index in [-0.39, 0.29) is 49.7 Å². The Morgan fingerprint density at radius 1 is 1.09 bits per heavy atom. The Kier molecular flexibility index (Phi) is 8.48. The molecule has 0 spiro atoms. The number of benzene rings is 1. The van der Waals surface area contributed by atoms with Crippen LogP contribution < -0.4 is 4.74 Å². The summed E-state index contributed by atoms with van der Waals surface area (Å²) in [6, 6.07) is 5.24. The Balaban J connectivity index is 2.15. The van der Waals surface area contributed by atoms with Gasteiger partial charge in [0.05, 0.1) is 11.5 Å². The number of nitro groups is 1. The Morgan fingerprint density at radius 2 is 1.78 bits per heavy atom. The monoisotopic (exact) mass is 325 g/mol. The predicted octanol–water partition coefficient (Wildman–Crippen LogP) is 1.64. The van der Waals surface area contributed by atoms with Gasteiger partial charge < -0.3 is 14.6 Å². The van der Waals surface area contributed by atoms with Gasteiger partial charge in [0.1, 0.15) is 11.5 Å². The van der Waals surface area contributed by atoms with Crippen LogP contribution in [-0.2, 0) is 14.3 Å². The molecule has 0 aromatic heterocycles. The molecule has 0 heterocycles. The SMILES string of the molecule is O=C(CCO)CCOCCCC(=O)Oc1ccc([N+](=O)[O-])cc1. The number of nitrogens with zero attached hydrogens (tertiary/aromatic N) is 1. The van der Waals surface area contributed by atoms with Crippen LogP contribution in [0.5, 0.6) is 5.75 Å². The van der Waals surface area contributed by atoms with E-state index in [9.17, 15) is 19.7 Å². The second kappa shape index (κ2) is 10.4. The van der Waals surface area contributed by atoms with Crippen molar-refractivity contribution in [3.05, 3.63) is 34.4 Å². The molecule has 8 heteroatoms. The van der Waals surface area contributed by atoms with Gasteiger partial charge >= 0.3 is 5.97 Å². The van der Waals surface area contributed by atoms with Gasteiger partial charge in [0.25, 0.3) is 5.69 Å². The van der Waals surface area contributed by atoms with Crippen LogP contribution in [0.2, 0.25) is 0 Å². The summed E-state index contributed by atoms with van der Waals surface area (Å²) < 4.78 is 10.2. The number of aliphatic hydroxyl groups excluding tert-OH is 1. The highest BCUT2D eigenvalue weighted by Crippen LogP contribution is 2.17. The summed E-state index contributed by atoms with van der Waals surface area (Å²) in [5.74, 6) is -0.278. The molecule has 0 saturated heterocycles. The van der Waals surface area contributed by atoms with E-state index in [0.717, 1.165) is 0 Å². The predicted molar refractivity (Wildman–Crippen MR) is 80.1 cm³/mol. The minimum Gasteiger partial charge on any atom is -0.427 e. The van der Waals surface area contributed by atoms with Crippen molar-refractivity contribution >= 4 is 17.4 Å². The molecule has 0 unspecified atom stereocenters. The molecule has 0 radical (unpaired) electrons. The average molecular weight is 325 g/mol. The van der Waals surface area contributed by atoms with Crippen molar-refractivity contribution < 1.29 is 29.1 Å². The van der Waals surface area contributed by atoms with Crippen molar-refractivity contribution in [2.24, 2.45) is 0 Å². The summed E-state index contributed by atoms with van der Waals surface area (Å²) in [6.07, 6.45) is 0.959. The number of Topliss-reactive ketones (excluding diaryl/α,β-unsaturated/α-hetero) is 1. The summed E-state index contributed by atoms with van der Waals surface area (Å²) in [6.45, 7) is 0.422. The summed E-state index contributed by atoms with van der Waals surface area (Å²) in [5.41, 5.74) is -0.0751. The summed E-state index contributed by atoms with van der Waals surface area (Å²) in [5, 5.41) is 19.0. The molecule has 1 rings (SSSR count). The van der Waals surface area contributed by atoms with Gasteiger partial charge in [-0.1, -0.05) is 0 Å². The Hall–Kier alpha value is -2.32. The third kappa shape index (κ3) is 8.03. The summed E-state index contributed by atoms with van der Waals surface area (Å²) in [7, 11) is 0. The maximum atomic E-state index is 11.6. The number of ketones is 1. The van der Waals surface area contributed by atoms with Gasteiger partial charge in [-0.05, 0) is 18.6 Å². The first kappa shape index (κ1) is 18.7. The van der Waals surface area contributed by atoms with Crippen molar-refractivity contribution in [3.8, 4) is 5.75 Å². The Bertz CT molecular complexity index is 527. The van der Waals surface area contributed by atoms with Crippen LogP contribution in [0.1, 0.15) is 25.7 Å². The first-order valence-corrected chi connectivity index (χ1v) is 7.18. The van der Waals surface area contributed by atoms with E-state index in [1.54, 1.807) is 0 Å². The number of esters is 1. The van der Waals surface area contributed by atoms with Crippen LogP contribution >= 0.6 is 0 Å². The molecule has 0 aliphatic heterocycles. The number of carbonyl (C=O) groups excluding carboxylic acids is 2. The molecule has 0 fully saturated rings. The van der Waals surface area contributed by atoms with Crippen LogP contribution in [0.15, 0.2) is 24.3 Å². The molecule has 126 valence electrons. The minimum atomic E-state index is -0.533. The maximum Gasteiger partial charge on any atom is 0.311 e. The fourth-order valence-corrected chi connectivity index (χ4v) is 1.67. The molecule has 1 aromatic carbocycles. The lowest BCUT2D eigenvalue weighted by molar-refractivity contribution is -0.384.